The molecule has 112 valence electrons. The number of halogens is 2. The Balaban J connectivity index is 2.10. The molecule has 1 heterocycles. The summed E-state index contributed by atoms with van der Waals surface area (Å²) in [5.41, 5.74) is -0.00483. The first-order chi connectivity index (χ1) is 10.5. The highest BCUT2D eigenvalue weighted by Gasteiger charge is 2.21. The molecule has 0 aliphatic carbocycles. The van der Waals surface area contributed by atoms with Gasteiger partial charge in [-0.05, 0) is 71.1 Å². The molecule has 0 unspecified atom stereocenters. The molecule has 0 bridgehead atoms. The smallest absolute Gasteiger partial charge is 0.339 e. The van der Waals surface area contributed by atoms with Crippen LogP contribution in [-0.4, -0.2) is 13.4 Å². The van der Waals surface area contributed by atoms with Gasteiger partial charge in [0.2, 0.25) is 0 Å². The predicted octanol–water partition coefficient (Wildman–Crippen LogP) is 3.75. The van der Waals surface area contributed by atoms with Crippen molar-refractivity contribution in [2.75, 3.05) is 0 Å². The minimum atomic E-state index is -4.08. The summed E-state index contributed by atoms with van der Waals surface area (Å²) in [4.78, 5) is 3.76. The maximum atomic E-state index is 13.7. The van der Waals surface area contributed by atoms with Gasteiger partial charge in [0, 0.05) is 15.2 Å². The first kappa shape index (κ1) is 15.2. The molecule has 0 saturated carbocycles. The van der Waals surface area contributed by atoms with Gasteiger partial charge in [-0.2, -0.15) is 8.42 Å². The maximum absolute atomic E-state index is 13.7. The minimum absolute atomic E-state index is 0.00483. The molecule has 2 aromatic carbocycles. The monoisotopic (exact) mass is 429 g/mol. The highest BCUT2D eigenvalue weighted by molar-refractivity contribution is 14.1. The minimum Gasteiger partial charge on any atom is -0.379 e. The lowest BCUT2D eigenvalue weighted by Crippen LogP contribution is -2.10. The van der Waals surface area contributed by atoms with E-state index < -0.39 is 15.9 Å². The van der Waals surface area contributed by atoms with E-state index in [4.69, 9.17) is 4.18 Å². The Bertz CT molecular complexity index is 943. The van der Waals surface area contributed by atoms with Crippen molar-refractivity contribution in [3.63, 3.8) is 0 Å². The van der Waals surface area contributed by atoms with E-state index in [1.54, 1.807) is 30.3 Å². The number of hydrogen-bond donors (Lipinski definition) is 0. The van der Waals surface area contributed by atoms with Crippen molar-refractivity contribution in [3.05, 3.63) is 64.1 Å². The first-order valence-corrected chi connectivity index (χ1v) is 8.69. The Morgan fingerprint density at radius 1 is 1.05 bits per heavy atom. The van der Waals surface area contributed by atoms with Crippen LogP contribution in [0.2, 0.25) is 0 Å². The summed E-state index contributed by atoms with van der Waals surface area (Å²) < 4.78 is 44.7. The zero-order chi connectivity index (χ0) is 15.7. The lowest BCUT2D eigenvalue weighted by Gasteiger charge is -2.09. The molecule has 7 heteroatoms. The van der Waals surface area contributed by atoms with Gasteiger partial charge < -0.3 is 4.18 Å². The Morgan fingerprint density at radius 2 is 1.77 bits per heavy atom. The van der Waals surface area contributed by atoms with Crippen LogP contribution < -0.4 is 4.18 Å². The van der Waals surface area contributed by atoms with E-state index in [9.17, 15) is 12.8 Å². The van der Waals surface area contributed by atoms with E-state index in [0.717, 1.165) is 9.64 Å². The molecule has 0 spiro atoms. The number of fused-ring (bicyclic) bond motifs is 1. The lowest BCUT2D eigenvalue weighted by atomic mass is 10.2. The van der Waals surface area contributed by atoms with E-state index in [0.29, 0.717) is 0 Å². The summed E-state index contributed by atoms with van der Waals surface area (Å²) in [7, 11) is -4.08. The van der Waals surface area contributed by atoms with Crippen LogP contribution in [-0.2, 0) is 10.1 Å². The summed E-state index contributed by atoms with van der Waals surface area (Å²) in [6.45, 7) is 0. The van der Waals surface area contributed by atoms with Crippen molar-refractivity contribution in [1.29, 1.82) is 0 Å². The second-order valence-corrected chi connectivity index (χ2v) is 7.20. The molecule has 22 heavy (non-hydrogen) atoms. The highest BCUT2D eigenvalue weighted by atomic mass is 127. The third kappa shape index (κ3) is 2.91. The Morgan fingerprint density at radius 3 is 2.50 bits per heavy atom. The first-order valence-electron chi connectivity index (χ1n) is 6.21. The molecule has 0 fully saturated rings. The van der Waals surface area contributed by atoms with Crippen LogP contribution in [0.25, 0.3) is 10.9 Å². The quantitative estimate of drug-likeness (QED) is 0.470. The summed E-state index contributed by atoms with van der Waals surface area (Å²) in [5.74, 6) is -0.384. The summed E-state index contributed by atoms with van der Waals surface area (Å²) >= 11 is 2.11. The van der Waals surface area contributed by atoms with Crippen molar-refractivity contribution < 1.29 is 17.0 Å². The number of benzene rings is 2. The molecule has 1 aromatic heterocycles. The third-order valence-electron chi connectivity index (χ3n) is 2.97. The molecule has 0 saturated heterocycles. The van der Waals surface area contributed by atoms with Crippen LogP contribution in [0.3, 0.4) is 0 Å². The molecule has 0 aliphatic rings. The summed E-state index contributed by atoms with van der Waals surface area (Å²) in [6, 6.07) is 11.9. The van der Waals surface area contributed by atoms with Gasteiger partial charge in [0.05, 0.1) is 0 Å². The number of nitrogens with zero attached hydrogens (tertiary/aromatic N) is 1. The normalized spacial score (nSPS) is 11.5. The Hall–Kier alpha value is -1.74. The van der Waals surface area contributed by atoms with Crippen molar-refractivity contribution in [1.82, 2.24) is 4.98 Å². The van der Waals surface area contributed by atoms with Crippen LogP contribution in [0.5, 0.6) is 5.75 Å². The average molecular weight is 429 g/mol. The van der Waals surface area contributed by atoms with Crippen LogP contribution in [0.1, 0.15) is 0 Å². The molecule has 4 nitrogen and oxygen atoms in total. The zero-order valence-electron chi connectivity index (χ0n) is 11.0. The second kappa shape index (κ2) is 5.81. The van der Waals surface area contributed by atoms with Gasteiger partial charge in [0.25, 0.3) is 0 Å². The largest absolute Gasteiger partial charge is 0.379 e. The van der Waals surface area contributed by atoms with Crippen LogP contribution >= 0.6 is 22.6 Å². The van der Waals surface area contributed by atoms with E-state index in [-0.39, 0.29) is 21.5 Å². The molecule has 3 rings (SSSR count). The van der Waals surface area contributed by atoms with Gasteiger partial charge in [0.1, 0.15) is 22.0 Å². The van der Waals surface area contributed by atoms with Crippen molar-refractivity contribution in [2.45, 2.75) is 4.90 Å². The molecule has 0 radical (unpaired) electrons. The van der Waals surface area contributed by atoms with E-state index in [1.807, 2.05) is 0 Å². The topological polar surface area (TPSA) is 56.3 Å². The SMILES string of the molecule is O=S(=O)(Oc1ccc(I)cc1)c1ccc(F)c2ncccc12. The van der Waals surface area contributed by atoms with Crippen molar-refractivity contribution >= 4 is 43.6 Å². The molecular weight excluding hydrogens is 420 g/mol. The van der Waals surface area contributed by atoms with Gasteiger partial charge in [-0.3, -0.25) is 4.98 Å². The average Bonchev–Trinajstić information content (AvgIpc) is 2.50. The predicted molar refractivity (Wildman–Crippen MR) is 88.7 cm³/mol. The van der Waals surface area contributed by atoms with E-state index in [1.165, 1.54) is 18.3 Å². The van der Waals surface area contributed by atoms with Crippen LogP contribution in [0.15, 0.2) is 59.6 Å². The van der Waals surface area contributed by atoms with Gasteiger partial charge in [-0.15, -0.1) is 0 Å². The molecule has 3 aromatic rings. The fraction of sp³-hybridized carbons (Fsp3) is 0. The Kier molecular flexibility index (Phi) is 4.00. The Labute approximate surface area is 140 Å². The fourth-order valence-electron chi connectivity index (χ4n) is 1.99. The van der Waals surface area contributed by atoms with Gasteiger partial charge in [-0.1, -0.05) is 0 Å². The molecule has 0 amide bonds. The summed E-state index contributed by atoms with van der Waals surface area (Å²) in [5, 5.41) is 0.188. The molecule has 0 atom stereocenters. The van der Waals surface area contributed by atoms with Crippen LogP contribution in [0.4, 0.5) is 4.39 Å². The molecule has 0 N–H and O–H groups in total. The molecule has 0 aliphatic heterocycles. The van der Waals surface area contributed by atoms with Crippen molar-refractivity contribution in [2.24, 2.45) is 0 Å². The zero-order valence-corrected chi connectivity index (χ0v) is 14.0. The number of rotatable bonds is 3. The standard InChI is InChI=1S/C15H9FINO3S/c16-13-7-8-14(12-2-1-9-18-15(12)13)22(19,20)21-11-5-3-10(17)4-6-11/h1-9H. The van der Waals surface area contributed by atoms with E-state index in [2.05, 4.69) is 27.6 Å². The highest BCUT2D eigenvalue weighted by Crippen LogP contribution is 2.26. The third-order valence-corrected chi connectivity index (χ3v) is 5.00. The van der Waals surface area contributed by atoms with Gasteiger partial charge >= 0.3 is 10.1 Å². The fourth-order valence-corrected chi connectivity index (χ4v) is 3.47. The number of aromatic nitrogens is 1. The van der Waals surface area contributed by atoms with E-state index >= 15 is 0 Å². The van der Waals surface area contributed by atoms with Gasteiger partial charge in [-0.25, -0.2) is 4.39 Å². The summed E-state index contributed by atoms with van der Waals surface area (Å²) in [6.07, 6.45) is 1.40. The lowest BCUT2D eigenvalue weighted by molar-refractivity contribution is 0.487. The van der Waals surface area contributed by atoms with Gasteiger partial charge in [0.15, 0.2) is 0 Å². The number of hydrogen-bond acceptors (Lipinski definition) is 4. The second-order valence-electron chi connectivity index (χ2n) is 4.44. The van der Waals surface area contributed by atoms with Crippen molar-refractivity contribution in [3.8, 4) is 5.75 Å². The van der Waals surface area contributed by atoms with Crippen LogP contribution in [0, 0.1) is 9.39 Å². The number of pyridine rings is 1. The molecular formula is C15H9FINO3S. The maximum Gasteiger partial charge on any atom is 0.339 e.